The first-order valence-electron chi connectivity index (χ1n) is 9.35. The van der Waals surface area contributed by atoms with Gasteiger partial charge in [0.2, 0.25) is 0 Å². The third kappa shape index (κ3) is 2.82. The summed E-state index contributed by atoms with van der Waals surface area (Å²) >= 11 is 0. The van der Waals surface area contributed by atoms with Crippen molar-refractivity contribution in [2.45, 2.75) is 71.8 Å². The van der Waals surface area contributed by atoms with E-state index in [4.69, 9.17) is 4.74 Å². The number of hydrogen-bond donors (Lipinski definition) is 1. The van der Waals surface area contributed by atoms with Crippen LogP contribution >= 0.6 is 0 Å². The van der Waals surface area contributed by atoms with Crippen molar-refractivity contribution in [3.63, 3.8) is 0 Å². The number of phenolic OH excluding ortho intramolecular Hbond substituents is 1. The Hall–Kier alpha value is -1.51. The standard InChI is InChI=1S/C21H30O3/c1-5-15-12-16(23)6-7-18(15)17-10-11-21(4)19(13(17)2)8-9-20(21)24-14(3)22/h6-7,12-13,17,19-20,23H,5,8-11H2,1-4H3/t13-,17?,19?,20?,21?/m1/s1. The fourth-order valence-corrected chi connectivity index (χ4v) is 5.54. The van der Waals surface area contributed by atoms with Crippen LogP contribution in [-0.2, 0) is 16.0 Å². The van der Waals surface area contributed by atoms with E-state index in [1.54, 1.807) is 0 Å². The molecule has 132 valence electrons. The summed E-state index contributed by atoms with van der Waals surface area (Å²) in [5, 5.41) is 9.79. The predicted octanol–water partition coefficient (Wildman–Crippen LogP) is 4.82. The minimum Gasteiger partial charge on any atom is -0.508 e. The van der Waals surface area contributed by atoms with Crippen LogP contribution in [0.25, 0.3) is 0 Å². The van der Waals surface area contributed by atoms with Gasteiger partial charge in [-0.2, -0.15) is 0 Å². The SMILES string of the molecule is CCc1cc(O)ccc1C1CCC2(C)C(OC(C)=O)CCC2[C@@H]1C. The molecule has 0 amide bonds. The Labute approximate surface area is 145 Å². The van der Waals surface area contributed by atoms with E-state index in [9.17, 15) is 9.90 Å². The van der Waals surface area contributed by atoms with Gasteiger partial charge in [-0.05, 0) is 73.1 Å². The number of aromatic hydroxyl groups is 1. The first-order valence-corrected chi connectivity index (χ1v) is 9.35. The Morgan fingerprint density at radius 2 is 2.08 bits per heavy atom. The molecule has 4 unspecified atom stereocenters. The van der Waals surface area contributed by atoms with Crippen LogP contribution in [0.2, 0.25) is 0 Å². The average molecular weight is 330 g/mol. The monoisotopic (exact) mass is 330 g/mol. The summed E-state index contributed by atoms with van der Waals surface area (Å²) in [5.41, 5.74) is 2.79. The van der Waals surface area contributed by atoms with Gasteiger partial charge in [-0.3, -0.25) is 4.79 Å². The summed E-state index contributed by atoms with van der Waals surface area (Å²) in [7, 11) is 0. The zero-order valence-corrected chi connectivity index (χ0v) is 15.3. The number of carbonyl (C=O) groups excluding carboxylic acids is 1. The quantitative estimate of drug-likeness (QED) is 0.809. The van der Waals surface area contributed by atoms with Crippen molar-refractivity contribution in [3.05, 3.63) is 29.3 Å². The molecule has 5 atom stereocenters. The lowest BCUT2D eigenvalue weighted by Gasteiger charge is -2.47. The van der Waals surface area contributed by atoms with Gasteiger partial charge >= 0.3 is 5.97 Å². The second-order valence-electron chi connectivity index (χ2n) is 8.03. The largest absolute Gasteiger partial charge is 0.508 e. The molecule has 0 saturated heterocycles. The van der Waals surface area contributed by atoms with E-state index in [-0.39, 0.29) is 17.5 Å². The Kier molecular flexibility index (Phi) is 4.63. The Morgan fingerprint density at radius 1 is 1.33 bits per heavy atom. The molecule has 2 aliphatic carbocycles. The summed E-state index contributed by atoms with van der Waals surface area (Å²) in [5.74, 6) is 1.91. The Balaban J connectivity index is 1.86. The average Bonchev–Trinajstić information content (AvgIpc) is 2.85. The lowest BCUT2D eigenvalue weighted by molar-refractivity contribution is -0.154. The molecular formula is C21H30O3. The van der Waals surface area contributed by atoms with Gasteiger partial charge in [0.15, 0.2) is 0 Å². The number of ether oxygens (including phenoxy) is 1. The summed E-state index contributed by atoms with van der Waals surface area (Å²) < 4.78 is 5.66. The molecule has 1 aromatic rings. The van der Waals surface area contributed by atoms with Gasteiger partial charge < -0.3 is 9.84 Å². The molecule has 3 nitrogen and oxygen atoms in total. The van der Waals surface area contributed by atoms with E-state index in [0.29, 0.717) is 23.5 Å². The Morgan fingerprint density at radius 3 is 2.75 bits per heavy atom. The second-order valence-corrected chi connectivity index (χ2v) is 8.03. The van der Waals surface area contributed by atoms with E-state index in [1.165, 1.54) is 18.1 Å². The number of carbonyl (C=O) groups is 1. The molecule has 0 bridgehead atoms. The summed E-state index contributed by atoms with van der Waals surface area (Å²) in [4.78, 5) is 11.5. The maximum Gasteiger partial charge on any atom is 0.302 e. The van der Waals surface area contributed by atoms with Gasteiger partial charge in [0.25, 0.3) is 0 Å². The summed E-state index contributed by atoms with van der Waals surface area (Å²) in [6, 6.07) is 5.87. The van der Waals surface area contributed by atoms with E-state index in [2.05, 4.69) is 26.8 Å². The van der Waals surface area contributed by atoms with Gasteiger partial charge in [-0.1, -0.05) is 26.8 Å². The molecule has 0 spiro atoms. The van der Waals surface area contributed by atoms with Crippen molar-refractivity contribution in [1.82, 2.24) is 0 Å². The van der Waals surface area contributed by atoms with Crippen molar-refractivity contribution >= 4 is 5.97 Å². The fraction of sp³-hybridized carbons (Fsp3) is 0.667. The number of hydrogen-bond acceptors (Lipinski definition) is 3. The first-order chi connectivity index (χ1) is 11.4. The van der Waals surface area contributed by atoms with E-state index < -0.39 is 0 Å². The normalized spacial score (nSPS) is 35.5. The van der Waals surface area contributed by atoms with Gasteiger partial charge in [-0.15, -0.1) is 0 Å². The molecule has 1 aromatic carbocycles. The van der Waals surface area contributed by atoms with E-state index in [0.717, 1.165) is 32.1 Å². The molecule has 2 aliphatic rings. The molecular weight excluding hydrogens is 300 g/mol. The maximum absolute atomic E-state index is 11.5. The van der Waals surface area contributed by atoms with Crippen LogP contribution in [0.4, 0.5) is 0 Å². The highest BCUT2D eigenvalue weighted by Crippen LogP contribution is 2.59. The van der Waals surface area contributed by atoms with Crippen molar-refractivity contribution in [1.29, 1.82) is 0 Å². The molecule has 0 aromatic heterocycles. The van der Waals surface area contributed by atoms with Crippen LogP contribution in [0, 0.1) is 17.3 Å². The number of esters is 1. The second kappa shape index (κ2) is 6.42. The van der Waals surface area contributed by atoms with Crippen molar-refractivity contribution in [3.8, 4) is 5.75 Å². The molecule has 0 radical (unpaired) electrons. The Bertz CT molecular complexity index is 624. The third-order valence-electron chi connectivity index (χ3n) is 6.80. The lowest BCUT2D eigenvalue weighted by atomic mass is 9.58. The molecule has 2 fully saturated rings. The molecule has 0 aliphatic heterocycles. The molecule has 3 heteroatoms. The van der Waals surface area contributed by atoms with Gasteiger partial charge in [0, 0.05) is 12.3 Å². The van der Waals surface area contributed by atoms with Crippen molar-refractivity contribution in [2.24, 2.45) is 17.3 Å². The van der Waals surface area contributed by atoms with E-state index >= 15 is 0 Å². The minimum absolute atomic E-state index is 0.0777. The number of rotatable bonds is 3. The highest BCUT2D eigenvalue weighted by molar-refractivity contribution is 5.66. The zero-order valence-electron chi connectivity index (χ0n) is 15.3. The summed E-state index contributed by atoms with van der Waals surface area (Å²) in [6.07, 6.45) is 5.40. The van der Waals surface area contributed by atoms with Crippen molar-refractivity contribution in [2.75, 3.05) is 0 Å². The van der Waals surface area contributed by atoms with E-state index in [1.807, 2.05) is 12.1 Å². The van der Waals surface area contributed by atoms with Gasteiger partial charge in [-0.25, -0.2) is 0 Å². The summed E-state index contributed by atoms with van der Waals surface area (Å²) in [6.45, 7) is 8.37. The van der Waals surface area contributed by atoms with Crippen LogP contribution < -0.4 is 0 Å². The predicted molar refractivity (Wildman–Crippen MR) is 95.0 cm³/mol. The number of benzene rings is 1. The van der Waals surface area contributed by atoms with Crippen LogP contribution in [0.15, 0.2) is 18.2 Å². The first kappa shape index (κ1) is 17.3. The zero-order chi connectivity index (χ0) is 17.5. The number of aryl methyl sites for hydroxylation is 1. The number of fused-ring (bicyclic) bond motifs is 1. The lowest BCUT2D eigenvalue weighted by Crippen LogP contribution is -2.43. The highest BCUT2D eigenvalue weighted by Gasteiger charge is 2.54. The van der Waals surface area contributed by atoms with Gasteiger partial charge in [0.1, 0.15) is 11.9 Å². The fourth-order valence-electron chi connectivity index (χ4n) is 5.54. The molecule has 1 N–H and O–H groups in total. The van der Waals surface area contributed by atoms with Crippen LogP contribution in [0.3, 0.4) is 0 Å². The van der Waals surface area contributed by atoms with Crippen LogP contribution in [-0.4, -0.2) is 17.2 Å². The van der Waals surface area contributed by atoms with Gasteiger partial charge in [0.05, 0.1) is 0 Å². The van der Waals surface area contributed by atoms with Crippen LogP contribution in [0.5, 0.6) is 5.75 Å². The topological polar surface area (TPSA) is 46.5 Å². The smallest absolute Gasteiger partial charge is 0.302 e. The van der Waals surface area contributed by atoms with Crippen LogP contribution in [0.1, 0.15) is 70.4 Å². The molecule has 2 saturated carbocycles. The molecule has 3 rings (SSSR count). The maximum atomic E-state index is 11.5. The number of phenols is 1. The molecule has 24 heavy (non-hydrogen) atoms. The highest BCUT2D eigenvalue weighted by atomic mass is 16.5. The minimum atomic E-state index is -0.150. The van der Waals surface area contributed by atoms with Crippen molar-refractivity contribution < 1.29 is 14.6 Å². The third-order valence-corrected chi connectivity index (χ3v) is 6.80. The molecule has 0 heterocycles.